The van der Waals surface area contributed by atoms with E-state index in [0.29, 0.717) is 24.3 Å². The van der Waals surface area contributed by atoms with E-state index < -0.39 is 0 Å². The molecule has 0 aromatic carbocycles. The van der Waals surface area contributed by atoms with Crippen molar-refractivity contribution in [2.24, 2.45) is 4.99 Å². The smallest absolute Gasteiger partial charge is 0.224 e. The number of rotatable bonds is 5. The first-order chi connectivity index (χ1) is 8.56. The Morgan fingerprint density at radius 3 is 2.67 bits per heavy atom. The highest BCUT2D eigenvalue weighted by atomic mass is 32.2. The highest BCUT2D eigenvalue weighted by Gasteiger charge is 2.19. The van der Waals surface area contributed by atoms with E-state index in [1.54, 1.807) is 11.8 Å². The Bertz CT molecular complexity index is 291. The molecule has 1 aliphatic rings. The number of carbonyl (C=O) groups is 1. The summed E-state index contributed by atoms with van der Waals surface area (Å²) in [5.74, 6) is 0.200. The van der Waals surface area contributed by atoms with Gasteiger partial charge in [0.05, 0.1) is 6.54 Å². The van der Waals surface area contributed by atoms with E-state index >= 15 is 0 Å². The molecule has 1 fully saturated rings. The van der Waals surface area contributed by atoms with Gasteiger partial charge in [-0.05, 0) is 27.2 Å². The summed E-state index contributed by atoms with van der Waals surface area (Å²) < 4.78 is 0. The van der Waals surface area contributed by atoms with Crippen molar-refractivity contribution in [3.05, 3.63) is 0 Å². The van der Waals surface area contributed by atoms with Crippen LogP contribution in [-0.2, 0) is 4.79 Å². The maximum atomic E-state index is 11.8. The van der Waals surface area contributed by atoms with E-state index in [1.165, 1.54) is 6.42 Å². The Hall–Kier alpha value is -0.710. The third-order valence-electron chi connectivity index (χ3n) is 3.07. The van der Waals surface area contributed by atoms with Crippen LogP contribution in [0.15, 0.2) is 4.99 Å². The molecule has 0 aromatic rings. The van der Waals surface area contributed by atoms with Crippen LogP contribution in [0.3, 0.4) is 0 Å². The summed E-state index contributed by atoms with van der Waals surface area (Å²) in [6, 6.07) is 0.485. The lowest BCUT2D eigenvalue weighted by Crippen LogP contribution is -2.38. The molecule has 1 aliphatic heterocycles. The molecule has 1 saturated heterocycles. The number of nitrogens with one attached hydrogen (secondary N) is 1. The van der Waals surface area contributed by atoms with Gasteiger partial charge in [0.25, 0.3) is 0 Å². The minimum Gasteiger partial charge on any atom is -0.362 e. The summed E-state index contributed by atoms with van der Waals surface area (Å²) >= 11 is 1.78. The molecule has 104 valence electrons. The first kappa shape index (κ1) is 15.3. The van der Waals surface area contributed by atoms with Gasteiger partial charge in [0, 0.05) is 30.8 Å². The van der Waals surface area contributed by atoms with Crippen molar-refractivity contribution in [3.8, 4) is 0 Å². The number of aliphatic imine (C=N–C) groups is 1. The Kier molecular flexibility index (Phi) is 6.54. The maximum absolute atomic E-state index is 11.8. The van der Waals surface area contributed by atoms with Crippen molar-refractivity contribution in [2.45, 2.75) is 51.8 Å². The molecule has 5 heteroatoms. The Morgan fingerprint density at radius 1 is 1.44 bits per heavy atom. The molecule has 0 spiro atoms. The highest BCUT2D eigenvalue weighted by Crippen LogP contribution is 2.22. The standard InChI is InChI=1S/C13H25N3OS/c1-5-16(6-2)12(17)7-8-14-13-15-10(3)9-11(4)18-13/h10-11H,5-9H2,1-4H3,(H,14,15). The van der Waals surface area contributed by atoms with Crippen molar-refractivity contribution in [1.82, 2.24) is 10.2 Å². The number of nitrogens with zero attached hydrogens (tertiary/aromatic N) is 2. The third kappa shape index (κ3) is 4.88. The molecule has 1 amide bonds. The quantitative estimate of drug-likeness (QED) is 0.833. The molecule has 18 heavy (non-hydrogen) atoms. The van der Waals surface area contributed by atoms with Crippen molar-refractivity contribution in [2.75, 3.05) is 19.6 Å². The van der Waals surface area contributed by atoms with Crippen molar-refractivity contribution < 1.29 is 4.79 Å². The predicted octanol–water partition coefficient (Wildman–Crippen LogP) is 2.10. The average molecular weight is 271 g/mol. The van der Waals surface area contributed by atoms with Gasteiger partial charge in [-0.15, -0.1) is 0 Å². The van der Waals surface area contributed by atoms with Crippen LogP contribution in [0.4, 0.5) is 0 Å². The normalized spacial score (nSPS) is 25.9. The van der Waals surface area contributed by atoms with Crippen LogP contribution in [0.1, 0.15) is 40.5 Å². The van der Waals surface area contributed by atoms with Gasteiger partial charge in [-0.25, -0.2) is 0 Å². The minimum absolute atomic E-state index is 0.200. The van der Waals surface area contributed by atoms with Gasteiger partial charge in [-0.1, -0.05) is 18.7 Å². The zero-order chi connectivity index (χ0) is 13.5. The molecule has 0 radical (unpaired) electrons. The average Bonchev–Trinajstić information content (AvgIpc) is 2.29. The molecule has 0 aliphatic carbocycles. The number of amides is 1. The van der Waals surface area contributed by atoms with Gasteiger partial charge in [-0.3, -0.25) is 9.79 Å². The van der Waals surface area contributed by atoms with Gasteiger partial charge in [0.1, 0.15) is 0 Å². The number of amidine groups is 1. The van der Waals surface area contributed by atoms with Crippen LogP contribution in [0.2, 0.25) is 0 Å². The Morgan fingerprint density at radius 2 is 2.11 bits per heavy atom. The van der Waals surface area contributed by atoms with Crippen LogP contribution < -0.4 is 5.32 Å². The molecule has 0 bridgehead atoms. The SMILES string of the molecule is CCN(CC)C(=O)CCN=C1NC(C)CC(C)S1. The van der Waals surface area contributed by atoms with E-state index in [2.05, 4.69) is 24.2 Å². The lowest BCUT2D eigenvalue weighted by molar-refractivity contribution is -0.130. The first-order valence-electron chi connectivity index (χ1n) is 6.82. The summed E-state index contributed by atoms with van der Waals surface area (Å²) in [5.41, 5.74) is 0. The molecule has 1 N–H and O–H groups in total. The molecule has 0 saturated carbocycles. The zero-order valence-electron chi connectivity index (χ0n) is 11.9. The largest absolute Gasteiger partial charge is 0.362 e. The van der Waals surface area contributed by atoms with Gasteiger partial charge in [-0.2, -0.15) is 0 Å². The summed E-state index contributed by atoms with van der Waals surface area (Å²) in [7, 11) is 0. The highest BCUT2D eigenvalue weighted by molar-refractivity contribution is 8.14. The Labute approximate surface area is 115 Å². The second-order valence-electron chi connectivity index (χ2n) is 4.71. The summed E-state index contributed by atoms with van der Waals surface area (Å²) in [6.45, 7) is 10.6. The number of hydrogen-bond acceptors (Lipinski definition) is 3. The van der Waals surface area contributed by atoms with Crippen LogP contribution >= 0.6 is 11.8 Å². The number of hydrogen-bond donors (Lipinski definition) is 1. The fourth-order valence-corrected chi connectivity index (χ4v) is 3.31. The van der Waals surface area contributed by atoms with Crippen LogP contribution in [0.25, 0.3) is 0 Å². The zero-order valence-corrected chi connectivity index (χ0v) is 12.7. The lowest BCUT2D eigenvalue weighted by Gasteiger charge is -2.27. The van der Waals surface area contributed by atoms with Crippen LogP contribution in [-0.4, -0.2) is 46.9 Å². The maximum Gasteiger partial charge on any atom is 0.224 e. The van der Waals surface area contributed by atoms with Gasteiger partial charge in [0.2, 0.25) is 5.91 Å². The van der Waals surface area contributed by atoms with Gasteiger partial charge < -0.3 is 10.2 Å². The Balaban J connectivity index is 2.37. The summed E-state index contributed by atoms with van der Waals surface area (Å²) in [5, 5.41) is 4.97. The second-order valence-corrected chi connectivity index (χ2v) is 6.14. The number of thioether (sulfide) groups is 1. The topological polar surface area (TPSA) is 44.7 Å². The fraction of sp³-hybridized carbons (Fsp3) is 0.846. The molecule has 1 heterocycles. The predicted molar refractivity (Wildman–Crippen MR) is 79.1 cm³/mol. The van der Waals surface area contributed by atoms with E-state index in [-0.39, 0.29) is 5.91 Å². The molecule has 4 nitrogen and oxygen atoms in total. The van der Waals surface area contributed by atoms with Gasteiger partial charge >= 0.3 is 0 Å². The van der Waals surface area contributed by atoms with Crippen molar-refractivity contribution in [3.63, 3.8) is 0 Å². The van der Waals surface area contributed by atoms with Crippen molar-refractivity contribution >= 4 is 22.8 Å². The van der Waals surface area contributed by atoms with Crippen LogP contribution in [0.5, 0.6) is 0 Å². The first-order valence-corrected chi connectivity index (χ1v) is 7.70. The van der Waals surface area contributed by atoms with Crippen molar-refractivity contribution in [1.29, 1.82) is 0 Å². The van der Waals surface area contributed by atoms with E-state index in [0.717, 1.165) is 18.3 Å². The molecular formula is C13H25N3OS. The molecule has 2 atom stereocenters. The molecule has 1 rings (SSSR count). The minimum atomic E-state index is 0.200. The lowest BCUT2D eigenvalue weighted by atomic mass is 10.2. The summed E-state index contributed by atoms with van der Waals surface area (Å²) in [4.78, 5) is 18.2. The summed E-state index contributed by atoms with van der Waals surface area (Å²) in [6.07, 6.45) is 1.68. The third-order valence-corrected chi connectivity index (χ3v) is 4.13. The van der Waals surface area contributed by atoms with E-state index in [1.807, 2.05) is 18.7 Å². The van der Waals surface area contributed by atoms with E-state index in [4.69, 9.17) is 0 Å². The monoisotopic (exact) mass is 271 g/mol. The fourth-order valence-electron chi connectivity index (χ4n) is 2.11. The second kappa shape index (κ2) is 7.67. The molecular weight excluding hydrogens is 246 g/mol. The van der Waals surface area contributed by atoms with E-state index in [9.17, 15) is 4.79 Å². The van der Waals surface area contributed by atoms with Gasteiger partial charge in [0.15, 0.2) is 5.17 Å². The molecule has 0 aromatic heterocycles. The number of carbonyl (C=O) groups excluding carboxylic acids is 1. The van der Waals surface area contributed by atoms with Crippen LogP contribution in [0, 0.1) is 0 Å². The molecule has 2 unspecified atom stereocenters.